The van der Waals surface area contributed by atoms with Gasteiger partial charge in [-0.3, -0.25) is 4.57 Å². The van der Waals surface area contributed by atoms with Gasteiger partial charge in [0.25, 0.3) is 0 Å². The van der Waals surface area contributed by atoms with Crippen molar-refractivity contribution in [2.24, 2.45) is 0 Å². The standard InChI is InChI=1S/C31H40N4O6/c1-10-21-25-27(32-18-22(33-25)19-13-15-34(16-14-19)28(36)40-30(2,3)4)35(29(37)41-31(5,6)7)26(21)20-11-12-23(38-8)24(17-20)39-9/h10-13,17-18,29,37H,1,14-16H2,2-9H3. The van der Waals surface area contributed by atoms with E-state index in [9.17, 15) is 9.90 Å². The smallest absolute Gasteiger partial charge is 0.410 e. The third-order valence-corrected chi connectivity index (χ3v) is 6.46. The molecule has 1 N–H and O–H groups in total. The van der Waals surface area contributed by atoms with E-state index in [4.69, 9.17) is 28.9 Å². The molecule has 3 aromatic rings. The second-order valence-corrected chi connectivity index (χ2v) is 11.8. The molecule has 0 radical (unpaired) electrons. The molecule has 2 aromatic heterocycles. The molecule has 0 saturated carbocycles. The van der Waals surface area contributed by atoms with Crippen molar-refractivity contribution in [1.82, 2.24) is 19.4 Å². The van der Waals surface area contributed by atoms with Crippen molar-refractivity contribution in [2.75, 3.05) is 27.3 Å². The highest BCUT2D eigenvalue weighted by Crippen LogP contribution is 2.40. The van der Waals surface area contributed by atoms with Crippen LogP contribution in [0.3, 0.4) is 0 Å². The summed E-state index contributed by atoms with van der Waals surface area (Å²) in [5.74, 6) is 1.11. The minimum absolute atomic E-state index is 0.340. The fourth-order valence-electron chi connectivity index (χ4n) is 4.69. The largest absolute Gasteiger partial charge is 0.493 e. The fourth-order valence-corrected chi connectivity index (χ4v) is 4.69. The highest BCUT2D eigenvalue weighted by atomic mass is 16.6. The van der Waals surface area contributed by atoms with Crippen molar-refractivity contribution in [3.63, 3.8) is 0 Å². The molecule has 0 aliphatic carbocycles. The van der Waals surface area contributed by atoms with Crippen LogP contribution in [0, 0.1) is 0 Å². The van der Waals surface area contributed by atoms with Crippen LogP contribution in [0.2, 0.25) is 0 Å². The van der Waals surface area contributed by atoms with Crippen molar-refractivity contribution in [3.8, 4) is 22.8 Å². The molecule has 0 bridgehead atoms. The van der Waals surface area contributed by atoms with Crippen LogP contribution in [0.15, 0.2) is 37.1 Å². The SMILES string of the molecule is C=Cc1c(-c2ccc(OC)c(OC)c2)n(C(O)OC(C)(C)C)c2ncc(C3=CCN(C(=O)OC(C)(C)C)CC3)nc12. The Morgan fingerprint density at radius 3 is 2.37 bits per heavy atom. The van der Waals surface area contributed by atoms with E-state index < -0.39 is 17.6 Å². The summed E-state index contributed by atoms with van der Waals surface area (Å²) in [6.45, 7) is 16.1. The molecule has 1 aliphatic rings. The van der Waals surface area contributed by atoms with Gasteiger partial charge in [0.05, 0.1) is 37.4 Å². The zero-order valence-electron chi connectivity index (χ0n) is 25.1. The molecular weight excluding hydrogens is 524 g/mol. The molecule has 10 nitrogen and oxygen atoms in total. The van der Waals surface area contributed by atoms with Gasteiger partial charge < -0.3 is 29.0 Å². The Hall–Kier alpha value is -3.89. The first kappa shape index (κ1) is 30.1. The first-order chi connectivity index (χ1) is 19.3. The van der Waals surface area contributed by atoms with Crippen molar-refractivity contribution >= 4 is 28.9 Å². The molecule has 1 aliphatic heterocycles. The Labute approximate surface area is 241 Å². The second-order valence-electron chi connectivity index (χ2n) is 11.8. The molecule has 41 heavy (non-hydrogen) atoms. The van der Waals surface area contributed by atoms with Gasteiger partial charge in [-0.05, 0) is 71.7 Å². The molecule has 3 heterocycles. The van der Waals surface area contributed by atoms with Gasteiger partial charge in [-0.2, -0.15) is 0 Å². The number of rotatable bonds is 7. The number of aliphatic hydroxyl groups is 1. The molecule has 1 unspecified atom stereocenters. The van der Waals surface area contributed by atoms with Crippen molar-refractivity contribution < 1.29 is 28.8 Å². The van der Waals surface area contributed by atoms with Crippen LogP contribution in [0.25, 0.3) is 34.1 Å². The van der Waals surface area contributed by atoms with Gasteiger partial charge >= 0.3 is 6.09 Å². The van der Waals surface area contributed by atoms with E-state index in [0.717, 1.165) is 11.1 Å². The van der Waals surface area contributed by atoms with Crippen LogP contribution in [0.1, 0.15) is 65.6 Å². The lowest BCUT2D eigenvalue weighted by Gasteiger charge is -2.29. The predicted octanol–water partition coefficient (Wildman–Crippen LogP) is 6.05. The first-order valence-electron chi connectivity index (χ1n) is 13.5. The Morgan fingerprint density at radius 2 is 1.80 bits per heavy atom. The molecule has 10 heteroatoms. The molecule has 220 valence electrons. The average molecular weight is 565 g/mol. The summed E-state index contributed by atoms with van der Waals surface area (Å²) in [5.41, 5.74) is 3.51. The number of methoxy groups -OCH3 is 2. The zero-order valence-corrected chi connectivity index (χ0v) is 25.1. The molecule has 0 saturated heterocycles. The summed E-state index contributed by atoms with van der Waals surface area (Å²) in [6.07, 6.45) is 4.26. The Balaban J connectivity index is 1.82. The van der Waals surface area contributed by atoms with Crippen LogP contribution in [0.4, 0.5) is 4.79 Å². The number of aliphatic hydroxyl groups excluding tert-OH is 1. The highest BCUT2D eigenvalue weighted by Gasteiger charge is 2.29. The fraction of sp³-hybridized carbons (Fsp3) is 0.452. The molecular formula is C31H40N4O6. The maximum Gasteiger partial charge on any atom is 0.410 e. The predicted molar refractivity (Wildman–Crippen MR) is 159 cm³/mol. The van der Waals surface area contributed by atoms with Gasteiger partial charge in [-0.15, -0.1) is 0 Å². The Kier molecular flexibility index (Phi) is 8.46. The van der Waals surface area contributed by atoms with Crippen molar-refractivity contribution in [2.45, 2.75) is 65.6 Å². The van der Waals surface area contributed by atoms with Gasteiger partial charge in [0.15, 0.2) is 17.1 Å². The molecule has 0 fully saturated rings. The molecule has 1 atom stereocenters. The molecule has 0 spiro atoms. The quantitative estimate of drug-likeness (QED) is 0.346. The maximum absolute atomic E-state index is 12.5. The van der Waals surface area contributed by atoms with Crippen LogP contribution >= 0.6 is 0 Å². The number of benzene rings is 1. The van der Waals surface area contributed by atoms with Crippen LogP contribution < -0.4 is 9.47 Å². The topological polar surface area (TPSA) is 108 Å². The molecule has 1 amide bonds. The number of hydrogen-bond donors (Lipinski definition) is 1. The monoisotopic (exact) mass is 564 g/mol. The number of ether oxygens (including phenoxy) is 4. The molecule has 1 aromatic carbocycles. The van der Waals surface area contributed by atoms with Gasteiger partial charge in [-0.1, -0.05) is 18.7 Å². The number of carbonyl (C=O) groups excluding carboxylic acids is 1. The lowest BCUT2D eigenvalue weighted by atomic mass is 10.0. The number of amides is 1. The van der Waals surface area contributed by atoms with Gasteiger partial charge in [0.2, 0.25) is 6.41 Å². The summed E-state index contributed by atoms with van der Waals surface area (Å²) in [5, 5.41) is 11.3. The lowest BCUT2D eigenvalue weighted by Crippen LogP contribution is -2.39. The zero-order chi connectivity index (χ0) is 30.1. The van der Waals surface area contributed by atoms with E-state index in [-0.39, 0.29) is 6.09 Å². The number of hydrogen-bond acceptors (Lipinski definition) is 8. The third kappa shape index (κ3) is 6.55. The Bertz CT molecular complexity index is 1480. The second kappa shape index (κ2) is 11.5. The number of nitrogens with zero attached hydrogens (tertiary/aromatic N) is 4. The summed E-state index contributed by atoms with van der Waals surface area (Å²) in [7, 11) is 3.15. The first-order valence-corrected chi connectivity index (χ1v) is 13.5. The average Bonchev–Trinajstić information content (AvgIpc) is 3.24. The van der Waals surface area contributed by atoms with Crippen molar-refractivity contribution in [3.05, 3.63) is 48.3 Å². The van der Waals surface area contributed by atoms with E-state index in [1.807, 2.05) is 59.8 Å². The summed E-state index contributed by atoms with van der Waals surface area (Å²) in [6, 6.07) is 5.50. The van der Waals surface area contributed by atoms with Crippen LogP contribution in [-0.2, 0) is 9.47 Å². The van der Waals surface area contributed by atoms with Crippen LogP contribution in [0.5, 0.6) is 11.5 Å². The van der Waals surface area contributed by atoms with Crippen molar-refractivity contribution in [1.29, 1.82) is 0 Å². The summed E-state index contributed by atoms with van der Waals surface area (Å²) >= 11 is 0. The van der Waals surface area contributed by atoms with E-state index in [0.29, 0.717) is 59.1 Å². The van der Waals surface area contributed by atoms with Gasteiger partial charge in [0, 0.05) is 24.2 Å². The van der Waals surface area contributed by atoms with Crippen LogP contribution in [-0.4, -0.2) is 69.1 Å². The summed E-state index contributed by atoms with van der Waals surface area (Å²) in [4.78, 5) is 23.9. The third-order valence-electron chi connectivity index (χ3n) is 6.46. The summed E-state index contributed by atoms with van der Waals surface area (Å²) < 4.78 is 24.1. The molecule has 4 rings (SSSR count). The van der Waals surface area contributed by atoms with E-state index in [2.05, 4.69) is 6.58 Å². The maximum atomic E-state index is 12.5. The van der Waals surface area contributed by atoms with Gasteiger partial charge in [0.1, 0.15) is 11.1 Å². The highest BCUT2D eigenvalue weighted by molar-refractivity contribution is 5.94. The van der Waals surface area contributed by atoms with Gasteiger partial charge in [-0.25, -0.2) is 14.8 Å². The van der Waals surface area contributed by atoms with E-state index >= 15 is 0 Å². The van der Waals surface area contributed by atoms with E-state index in [1.54, 1.807) is 42.0 Å². The minimum atomic E-state index is -1.36. The number of aromatic nitrogens is 3. The normalized spacial score (nSPS) is 15.0. The number of fused-ring (bicyclic) bond motifs is 1. The number of carbonyl (C=O) groups is 1. The Morgan fingerprint density at radius 1 is 1.10 bits per heavy atom. The van der Waals surface area contributed by atoms with E-state index in [1.165, 1.54) is 0 Å². The lowest BCUT2D eigenvalue weighted by molar-refractivity contribution is -0.207. The minimum Gasteiger partial charge on any atom is -0.493 e.